The van der Waals surface area contributed by atoms with Crippen LogP contribution >= 0.6 is 0 Å². The number of nitrogens with zero attached hydrogens (tertiary/aromatic N) is 2. The predicted molar refractivity (Wildman–Crippen MR) is 85.3 cm³/mol. The minimum Gasteiger partial charge on any atom is -0.483 e. The van der Waals surface area contributed by atoms with Gasteiger partial charge in [0.05, 0.1) is 0 Å². The van der Waals surface area contributed by atoms with Gasteiger partial charge in [0.2, 0.25) is 0 Å². The van der Waals surface area contributed by atoms with E-state index in [1.807, 2.05) is 50.2 Å². The van der Waals surface area contributed by atoms with E-state index in [2.05, 4.69) is 4.90 Å². The molecule has 21 heavy (non-hydrogen) atoms. The van der Waals surface area contributed by atoms with Gasteiger partial charge < -0.3 is 20.3 Å². The maximum atomic E-state index is 12.2. The zero-order valence-electron chi connectivity index (χ0n) is 13.3. The molecule has 0 saturated carbocycles. The highest BCUT2D eigenvalue weighted by Gasteiger charge is 2.13. The molecule has 0 spiro atoms. The van der Waals surface area contributed by atoms with E-state index in [1.165, 1.54) is 0 Å². The van der Waals surface area contributed by atoms with Gasteiger partial charge in [-0.3, -0.25) is 4.79 Å². The van der Waals surface area contributed by atoms with Gasteiger partial charge in [-0.1, -0.05) is 18.2 Å². The van der Waals surface area contributed by atoms with E-state index in [-0.39, 0.29) is 12.5 Å². The Morgan fingerprint density at radius 1 is 1.24 bits per heavy atom. The van der Waals surface area contributed by atoms with Crippen molar-refractivity contribution in [1.29, 1.82) is 0 Å². The number of carbonyl (C=O) groups is 1. The van der Waals surface area contributed by atoms with Crippen LogP contribution in [-0.2, 0) is 11.3 Å². The molecular weight excluding hydrogens is 266 g/mol. The lowest BCUT2D eigenvalue weighted by Gasteiger charge is -2.22. The average Bonchev–Trinajstić information content (AvgIpc) is 2.49. The second-order valence-electron chi connectivity index (χ2n) is 5.23. The lowest BCUT2D eigenvalue weighted by molar-refractivity contribution is -0.133. The van der Waals surface area contributed by atoms with Crippen molar-refractivity contribution in [1.82, 2.24) is 9.80 Å². The van der Waals surface area contributed by atoms with Crippen molar-refractivity contribution in [2.75, 3.05) is 40.3 Å². The van der Waals surface area contributed by atoms with Gasteiger partial charge in [-0.15, -0.1) is 0 Å². The van der Waals surface area contributed by atoms with Crippen LogP contribution in [0.4, 0.5) is 0 Å². The number of hydrogen-bond donors (Lipinski definition) is 1. The summed E-state index contributed by atoms with van der Waals surface area (Å²) in [6, 6.07) is 7.55. The summed E-state index contributed by atoms with van der Waals surface area (Å²) in [6.07, 6.45) is 0.964. The number of benzene rings is 1. The Bertz CT molecular complexity index is 435. The number of likely N-dealkylation sites (N-methyl/N-ethyl adjacent to an activating group) is 1. The van der Waals surface area contributed by atoms with E-state index in [4.69, 9.17) is 10.5 Å². The summed E-state index contributed by atoms with van der Waals surface area (Å²) in [4.78, 5) is 16.1. The van der Waals surface area contributed by atoms with E-state index in [1.54, 1.807) is 0 Å². The molecule has 0 aromatic heterocycles. The molecule has 0 aliphatic rings. The molecule has 0 aliphatic heterocycles. The van der Waals surface area contributed by atoms with E-state index >= 15 is 0 Å². The first-order valence-electron chi connectivity index (χ1n) is 7.41. The molecule has 2 N–H and O–H groups in total. The third-order valence-corrected chi connectivity index (χ3v) is 3.31. The van der Waals surface area contributed by atoms with Gasteiger partial charge in [0.25, 0.3) is 5.91 Å². The van der Waals surface area contributed by atoms with Crippen LogP contribution < -0.4 is 10.5 Å². The first-order chi connectivity index (χ1) is 10.1. The Kier molecular flexibility index (Phi) is 7.79. The smallest absolute Gasteiger partial charge is 0.260 e. The summed E-state index contributed by atoms with van der Waals surface area (Å²) < 4.78 is 5.62. The number of carbonyl (C=O) groups excluding carboxylic acids is 1. The summed E-state index contributed by atoms with van der Waals surface area (Å²) in [5, 5.41) is 0. The van der Waals surface area contributed by atoms with E-state index in [0.717, 1.165) is 25.1 Å². The fourth-order valence-corrected chi connectivity index (χ4v) is 2.08. The number of ether oxygens (including phenoxy) is 1. The highest BCUT2D eigenvalue weighted by Crippen LogP contribution is 2.17. The van der Waals surface area contributed by atoms with Crippen molar-refractivity contribution in [2.24, 2.45) is 5.73 Å². The summed E-state index contributed by atoms with van der Waals surface area (Å²) in [7, 11) is 4.07. The molecule has 0 atom stereocenters. The Labute approximate surface area is 127 Å². The molecule has 0 aliphatic carbocycles. The van der Waals surface area contributed by atoms with Crippen LogP contribution in [0.25, 0.3) is 0 Å². The van der Waals surface area contributed by atoms with Gasteiger partial charge >= 0.3 is 0 Å². The maximum absolute atomic E-state index is 12.2. The van der Waals surface area contributed by atoms with E-state index in [9.17, 15) is 4.79 Å². The van der Waals surface area contributed by atoms with Gasteiger partial charge in [0, 0.05) is 25.2 Å². The number of amides is 1. The Morgan fingerprint density at radius 3 is 2.57 bits per heavy atom. The van der Waals surface area contributed by atoms with Crippen LogP contribution in [0.15, 0.2) is 24.3 Å². The van der Waals surface area contributed by atoms with Crippen molar-refractivity contribution in [2.45, 2.75) is 19.9 Å². The quantitative estimate of drug-likeness (QED) is 0.746. The lowest BCUT2D eigenvalue weighted by atomic mass is 10.2. The summed E-state index contributed by atoms with van der Waals surface area (Å²) >= 11 is 0. The van der Waals surface area contributed by atoms with Crippen molar-refractivity contribution in [3.8, 4) is 5.75 Å². The summed E-state index contributed by atoms with van der Waals surface area (Å²) in [5.74, 6) is 0.709. The molecular formula is C16H27N3O2. The van der Waals surface area contributed by atoms with Gasteiger partial charge in [-0.05, 0) is 40.1 Å². The van der Waals surface area contributed by atoms with Crippen molar-refractivity contribution < 1.29 is 9.53 Å². The van der Waals surface area contributed by atoms with Gasteiger partial charge in [0.15, 0.2) is 6.61 Å². The highest BCUT2D eigenvalue weighted by molar-refractivity contribution is 5.77. The largest absolute Gasteiger partial charge is 0.483 e. The third kappa shape index (κ3) is 6.14. The molecule has 0 fully saturated rings. The molecule has 5 nitrogen and oxygen atoms in total. The molecule has 0 saturated heterocycles. The molecule has 0 heterocycles. The average molecular weight is 293 g/mol. The first kappa shape index (κ1) is 17.5. The number of rotatable bonds is 9. The monoisotopic (exact) mass is 293 g/mol. The van der Waals surface area contributed by atoms with Crippen molar-refractivity contribution in [3.05, 3.63) is 29.8 Å². The Morgan fingerprint density at radius 2 is 1.95 bits per heavy atom. The summed E-state index contributed by atoms with van der Waals surface area (Å²) in [6.45, 7) is 4.89. The Hall–Kier alpha value is -1.59. The summed E-state index contributed by atoms with van der Waals surface area (Å²) in [5.41, 5.74) is 6.57. The molecule has 118 valence electrons. The zero-order chi connectivity index (χ0) is 15.7. The standard InChI is InChI=1S/C16H27N3O2/c1-4-19(11-7-10-18(2)3)16(20)13-21-15-9-6-5-8-14(15)12-17/h5-6,8-9H,4,7,10-13,17H2,1-3H3. The normalized spacial score (nSPS) is 10.7. The molecule has 0 bridgehead atoms. The zero-order valence-corrected chi connectivity index (χ0v) is 13.3. The Balaban J connectivity index is 2.46. The van der Waals surface area contributed by atoms with Crippen LogP contribution in [0.3, 0.4) is 0 Å². The second kappa shape index (κ2) is 9.37. The fourth-order valence-electron chi connectivity index (χ4n) is 2.08. The molecule has 5 heteroatoms. The molecule has 0 unspecified atom stereocenters. The number of para-hydroxylation sites is 1. The molecule has 1 rings (SSSR count). The molecule has 1 aromatic carbocycles. The van der Waals surface area contributed by atoms with Gasteiger partial charge in [0.1, 0.15) is 5.75 Å². The van der Waals surface area contributed by atoms with Crippen LogP contribution in [-0.4, -0.2) is 56.0 Å². The minimum atomic E-state index is 0.0167. The topological polar surface area (TPSA) is 58.8 Å². The second-order valence-corrected chi connectivity index (χ2v) is 5.23. The fraction of sp³-hybridized carbons (Fsp3) is 0.562. The van der Waals surface area contributed by atoms with Crippen LogP contribution in [0.5, 0.6) is 5.75 Å². The highest BCUT2D eigenvalue weighted by atomic mass is 16.5. The maximum Gasteiger partial charge on any atom is 0.260 e. The van der Waals surface area contributed by atoms with E-state index < -0.39 is 0 Å². The lowest BCUT2D eigenvalue weighted by Crippen LogP contribution is -2.36. The molecule has 1 amide bonds. The number of hydrogen-bond acceptors (Lipinski definition) is 4. The predicted octanol–water partition coefficient (Wildman–Crippen LogP) is 1.32. The van der Waals surface area contributed by atoms with Crippen LogP contribution in [0.1, 0.15) is 18.9 Å². The third-order valence-electron chi connectivity index (χ3n) is 3.31. The van der Waals surface area contributed by atoms with E-state index in [0.29, 0.717) is 18.8 Å². The SMILES string of the molecule is CCN(CCCN(C)C)C(=O)COc1ccccc1CN. The van der Waals surface area contributed by atoms with Gasteiger partial charge in [-0.2, -0.15) is 0 Å². The van der Waals surface area contributed by atoms with Crippen molar-refractivity contribution >= 4 is 5.91 Å². The van der Waals surface area contributed by atoms with Crippen molar-refractivity contribution in [3.63, 3.8) is 0 Å². The molecule has 1 aromatic rings. The number of nitrogens with two attached hydrogens (primary N) is 1. The van der Waals surface area contributed by atoms with Crippen LogP contribution in [0.2, 0.25) is 0 Å². The minimum absolute atomic E-state index is 0.0167. The molecule has 0 radical (unpaired) electrons. The van der Waals surface area contributed by atoms with Crippen LogP contribution in [0, 0.1) is 0 Å². The first-order valence-corrected chi connectivity index (χ1v) is 7.41. The van der Waals surface area contributed by atoms with Gasteiger partial charge in [-0.25, -0.2) is 0 Å².